The summed E-state index contributed by atoms with van der Waals surface area (Å²) < 4.78 is 5.02. The van der Waals surface area contributed by atoms with Gasteiger partial charge in [-0.15, -0.1) is 0 Å². The maximum atomic E-state index is 10.8. The van der Waals surface area contributed by atoms with Crippen LogP contribution in [0.3, 0.4) is 0 Å². The first-order chi connectivity index (χ1) is 7.75. The fraction of sp³-hybridized carbons (Fsp3) is 0.417. The molecule has 1 aliphatic rings. The largest absolute Gasteiger partial charge is 0.427 e. The minimum atomic E-state index is -0.260. The van der Waals surface area contributed by atoms with Crippen LogP contribution in [0.2, 0.25) is 0 Å². The van der Waals surface area contributed by atoms with Crippen LogP contribution >= 0.6 is 11.8 Å². The molecule has 0 saturated carbocycles. The fourth-order valence-corrected chi connectivity index (χ4v) is 5.58. The molecule has 2 rings (SSSR count). The van der Waals surface area contributed by atoms with Crippen molar-refractivity contribution in [3.8, 4) is 5.75 Å². The summed E-state index contributed by atoms with van der Waals surface area (Å²) in [7, 11) is 0.410. The van der Waals surface area contributed by atoms with Crippen molar-refractivity contribution in [2.75, 3.05) is 23.0 Å². The summed E-state index contributed by atoms with van der Waals surface area (Å²) in [4.78, 5) is 12.2. The standard InChI is InChI=1S/C12H15O2S2/c1-10(13)14-11-2-4-12(5-3-11)16-8-6-15-7-9-16/h2-5H,6-9H2,1H3/q+1. The normalized spacial score (nSPS) is 17.1. The molecule has 0 aromatic heterocycles. The molecule has 86 valence electrons. The van der Waals surface area contributed by atoms with E-state index >= 15 is 0 Å². The number of thioether (sulfide) groups is 1. The molecule has 1 fully saturated rings. The van der Waals surface area contributed by atoms with Crippen molar-refractivity contribution < 1.29 is 9.53 Å². The third-order valence-corrected chi connectivity index (χ3v) is 6.20. The predicted octanol–water partition coefficient (Wildman–Crippen LogP) is 2.34. The third kappa shape index (κ3) is 3.19. The molecule has 1 aliphatic heterocycles. The zero-order chi connectivity index (χ0) is 11.4. The summed E-state index contributed by atoms with van der Waals surface area (Å²) in [5, 5.41) is 0. The van der Waals surface area contributed by atoms with E-state index in [1.54, 1.807) is 0 Å². The average Bonchev–Trinajstić information content (AvgIpc) is 2.30. The van der Waals surface area contributed by atoms with E-state index < -0.39 is 0 Å². The lowest BCUT2D eigenvalue weighted by Crippen LogP contribution is -2.21. The predicted molar refractivity (Wildman–Crippen MR) is 70.4 cm³/mol. The van der Waals surface area contributed by atoms with Gasteiger partial charge in [0.05, 0.1) is 0 Å². The SMILES string of the molecule is CC(=O)Oc1ccc([S+]2CCSCC2)cc1. The summed E-state index contributed by atoms with van der Waals surface area (Å²) in [5.74, 6) is 5.51. The van der Waals surface area contributed by atoms with Gasteiger partial charge in [0, 0.05) is 29.3 Å². The van der Waals surface area contributed by atoms with E-state index in [0.717, 1.165) is 0 Å². The maximum absolute atomic E-state index is 10.8. The summed E-state index contributed by atoms with van der Waals surface area (Å²) in [5.41, 5.74) is 0. The van der Waals surface area contributed by atoms with Gasteiger partial charge in [0.25, 0.3) is 0 Å². The topological polar surface area (TPSA) is 26.3 Å². The summed E-state index contributed by atoms with van der Waals surface area (Å²) in [6.45, 7) is 1.42. The average molecular weight is 255 g/mol. The molecule has 0 unspecified atom stereocenters. The molecule has 0 atom stereocenters. The maximum Gasteiger partial charge on any atom is 0.308 e. The van der Waals surface area contributed by atoms with Gasteiger partial charge in [0.2, 0.25) is 0 Å². The van der Waals surface area contributed by atoms with Crippen molar-refractivity contribution in [3.05, 3.63) is 24.3 Å². The summed E-state index contributed by atoms with van der Waals surface area (Å²) in [6.07, 6.45) is 0. The van der Waals surface area contributed by atoms with Gasteiger partial charge in [0.1, 0.15) is 17.3 Å². The van der Waals surface area contributed by atoms with Crippen LogP contribution in [0.5, 0.6) is 5.75 Å². The first kappa shape index (κ1) is 11.9. The molecule has 1 saturated heterocycles. The van der Waals surface area contributed by atoms with E-state index in [2.05, 4.69) is 12.1 Å². The Balaban J connectivity index is 2.03. The molecule has 1 heterocycles. The molecule has 2 nitrogen and oxygen atoms in total. The van der Waals surface area contributed by atoms with Crippen molar-refractivity contribution in [2.45, 2.75) is 11.8 Å². The van der Waals surface area contributed by atoms with Crippen LogP contribution in [-0.2, 0) is 15.7 Å². The number of hydrogen-bond acceptors (Lipinski definition) is 3. The smallest absolute Gasteiger partial charge is 0.308 e. The van der Waals surface area contributed by atoms with E-state index in [-0.39, 0.29) is 5.97 Å². The highest BCUT2D eigenvalue weighted by molar-refractivity contribution is 8.05. The third-order valence-electron chi connectivity index (χ3n) is 2.37. The molecule has 0 aliphatic carbocycles. The van der Waals surface area contributed by atoms with Crippen LogP contribution in [0, 0.1) is 0 Å². The molecular weight excluding hydrogens is 240 g/mol. The Hall–Kier alpha value is -0.610. The lowest BCUT2D eigenvalue weighted by atomic mass is 10.3. The molecular formula is C12H15O2S2+. The Morgan fingerprint density at radius 2 is 1.88 bits per heavy atom. The number of carbonyl (C=O) groups excluding carboxylic acids is 1. The fourth-order valence-electron chi connectivity index (χ4n) is 1.62. The van der Waals surface area contributed by atoms with Crippen LogP contribution in [0.4, 0.5) is 0 Å². The van der Waals surface area contributed by atoms with Gasteiger partial charge in [-0.3, -0.25) is 4.79 Å². The van der Waals surface area contributed by atoms with Crippen LogP contribution in [0.1, 0.15) is 6.92 Å². The van der Waals surface area contributed by atoms with Crippen LogP contribution < -0.4 is 4.74 Å². The minimum Gasteiger partial charge on any atom is -0.427 e. The molecule has 0 amide bonds. The van der Waals surface area contributed by atoms with E-state index in [1.165, 1.54) is 34.8 Å². The van der Waals surface area contributed by atoms with E-state index in [1.807, 2.05) is 23.9 Å². The number of esters is 1. The van der Waals surface area contributed by atoms with E-state index in [4.69, 9.17) is 4.74 Å². The summed E-state index contributed by atoms with van der Waals surface area (Å²) in [6, 6.07) is 7.98. The van der Waals surface area contributed by atoms with Crippen LogP contribution in [0.25, 0.3) is 0 Å². The zero-order valence-corrected chi connectivity index (χ0v) is 10.9. The second kappa shape index (κ2) is 5.64. The van der Waals surface area contributed by atoms with Crippen molar-refractivity contribution in [1.29, 1.82) is 0 Å². The summed E-state index contributed by atoms with van der Waals surface area (Å²) >= 11 is 2.04. The first-order valence-corrected chi connectivity index (χ1v) is 8.01. The van der Waals surface area contributed by atoms with Gasteiger partial charge in [-0.25, -0.2) is 0 Å². The molecule has 4 heteroatoms. The number of rotatable bonds is 2. The van der Waals surface area contributed by atoms with Crippen molar-refractivity contribution in [1.82, 2.24) is 0 Å². The molecule has 0 radical (unpaired) electrons. The van der Waals surface area contributed by atoms with E-state index in [9.17, 15) is 4.79 Å². The number of ether oxygens (including phenoxy) is 1. The van der Waals surface area contributed by atoms with Gasteiger partial charge < -0.3 is 4.74 Å². The number of carbonyl (C=O) groups is 1. The number of benzene rings is 1. The molecule has 0 N–H and O–H groups in total. The van der Waals surface area contributed by atoms with Gasteiger partial charge in [-0.05, 0) is 24.3 Å². The van der Waals surface area contributed by atoms with Gasteiger partial charge in [-0.1, -0.05) is 0 Å². The van der Waals surface area contributed by atoms with Crippen molar-refractivity contribution in [3.63, 3.8) is 0 Å². The molecule has 1 aromatic rings. The minimum absolute atomic E-state index is 0.260. The quantitative estimate of drug-likeness (QED) is 0.461. The molecule has 0 spiro atoms. The molecule has 1 aromatic carbocycles. The van der Waals surface area contributed by atoms with Crippen LogP contribution in [-0.4, -0.2) is 29.0 Å². The lowest BCUT2D eigenvalue weighted by molar-refractivity contribution is -0.131. The van der Waals surface area contributed by atoms with Gasteiger partial charge in [0.15, 0.2) is 4.90 Å². The van der Waals surface area contributed by atoms with Gasteiger partial charge >= 0.3 is 5.97 Å². The second-order valence-corrected chi connectivity index (χ2v) is 7.08. The Morgan fingerprint density at radius 3 is 2.44 bits per heavy atom. The molecule has 0 bridgehead atoms. The van der Waals surface area contributed by atoms with Crippen molar-refractivity contribution in [2.24, 2.45) is 0 Å². The zero-order valence-electron chi connectivity index (χ0n) is 9.27. The number of hydrogen-bond donors (Lipinski definition) is 0. The second-order valence-electron chi connectivity index (χ2n) is 3.58. The van der Waals surface area contributed by atoms with E-state index in [0.29, 0.717) is 16.6 Å². The monoisotopic (exact) mass is 255 g/mol. The highest BCUT2D eigenvalue weighted by Crippen LogP contribution is 2.23. The Kier molecular flexibility index (Phi) is 4.18. The van der Waals surface area contributed by atoms with Gasteiger partial charge in [-0.2, -0.15) is 11.8 Å². The Morgan fingerprint density at radius 1 is 1.25 bits per heavy atom. The Labute approximate surface area is 103 Å². The highest BCUT2D eigenvalue weighted by Gasteiger charge is 2.24. The lowest BCUT2D eigenvalue weighted by Gasteiger charge is -2.13. The first-order valence-electron chi connectivity index (χ1n) is 5.29. The van der Waals surface area contributed by atoms with Crippen molar-refractivity contribution >= 4 is 28.6 Å². The highest BCUT2D eigenvalue weighted by atomic mass is 32.2. The Bertz CT molecular complexity index is 356. The van der Waals surface area contributed by atoms with Crippen LogP contribution in [0.15, 0.2) is 29.2 Å². The molecule has 16 heavy (non-hydrogen) atoms.